The Hall–Kier alpha value is -0.320. The molecule has 5 atom stereocenters. The quantitative estimate of drug-likeness (QED) is 0.168. The van der Waals surface area contributed by atoms with E-state index in [1.165, 1.54) is 0 Å². The lowest BCUT2D eigenvalue weighted by Gasteiger charge is -2.22. The third kappa shape index (κ3) is 25.1. The smallest absolute Gasteiger partial charge is 0.0781 e. The van der Waals surface area contributed by atoms with Crippen molar-refractivity contribution in [3.63, 3.8) is 0 Å². The van der Waals surface area contributed by atoms with E-state index in [-0.39, 0.29) is 30.5 Å². The molecule has 212 valence electrons. The van der Waals surface area contributed by atoms with Crippen molar-refractivity contribution in [3.05, 3.63) is 0 Å². The van der Waals surface area contributed by atoms with Crippen LogP contribution in [0.3, 0.4) is 0 Å². The second-order valence-corrected chi connectivity index (χ2v) is 10.3. The lowest BCUT2D eigenvalue weighted by atomic mass is 10.2. The number of ether oxygens (including phenoxy) is 8. The van der Waals surface area contributed by atoms with Gasteiger partial charge in [-0.1, -0.05) is 27.7 Å². The standard InChI is InChI=1S/C27H56O8/c1-21(2)14-29-12-10-28-11-13-30-16-23(5)32-18-25(7)34-20-27(9)35-19-26(8)33-17-24(6)31-15-22(3)4/h21-27H,10-20H2,1-9H3. The van der Waals surface area contributed by atoms with Crippen LogP contribution in [0.2, 0.25) is 0 Å². The maximum atomic E-state index is 5.86. The molecule has 0 fully saturated rings. The van der Waals surface area contributed by atoms with Crippen molar-refractivity contribution in [2.75, 3.05) is 72.7 Å². The Balaban J connectivity index is 3.64. The molecular formula is C27H56O8. The van der Waals surface area contributed by atoms with Crippen LogP contribution in [0.5, 0.6) is 0 Å². The second kappa shape index (κ2) is 22.8. The van der Waals surface area contributed by atoms with E-state index >= 15 is 0 Å². The van der Waals surface area contributed by atoms with Gasteiger partial charge in [0, 0.05) is 13.2 Å². The van der Waals surface area contributed by atoms with Gasteiger partial charge in [0.25, 0.3) is 0 Å². The minimum absolute atomic E-state index is 0.00555. The van der Waals surface area contributed by atoms with Gasteiger partial charge >= 0.3 is 0 Å². The minimum Gasteiger partial charge on any atom is -0.379 e. The Kier molecular flexibility index (Phi) is 22.6. The van der Waals surface area contributed by atoms with Gasteiger partial charge in [0.05, 0.1) is 90.0 Å². The number of rotatable bonds is 25. The summed E-state index contributed by atoms with van der Waals surface area (Å²) in [6, 6.07) is 0. The van der Waals surface area contributed by atoms with Crippen LogP contribution in [-0.4, -0.2) is 103 Å². The molecule has 0 spiro atoms. The zero-order valence-electron chi connectivity index (χ0n) is 24.1. The lowest BCUT2D eigenvalue weighted by Crippen LogP contribution is -2.29. The van der Waals surface area contributed by atoms with Crippen molar-refractivity contribution in [1.82, 2.24) is 0 Å². The van der Waals surface area contributed by atoms with Gasteiger partial charge in [0.2, 0.25) is 0 Å². The molecule has 0 N–H and O–H groups in total. The van der Waals surface area contributed by atoms with Crippen LogP contribution in [0.15, 0.2) is 0 Å². The zero-order valence-corrected chi connectivity index (χ0v) is 24.1. The van der Waals surface area contributed by atoms with Crippen molar-refractivity contribution in [2.45, 2.75) is 92.8 Å². The first-order chi connectivity index (χ1) is 16.6. The molecule has 0 aliphatic heterocycles. The average Bonchev–Trinajstić information content (AvgIpc) is 2.80. The Morgan fingerprint density at radius 2 is 0.600 bits per heavy atom. The predicted molar refractivity (Wildman–Crippen MR) is 139 cm³/mol. The van der Waals surface area contributed by atoms with Crippen molar-refractivity contribution in [2.24, 2.45) is 11.8 Å². The molecule has 0 aliphatic carbocycles. The SMILES string of the molecule is CC(C)COCCOCCOCC(C)OCC(C)OCC(C)OCC(C)OCC(C)OCC(C)C. The van der Waals surface area contributed by atoms with Crippen LogP contribution in [0.25, 0.3) is 0 Å². The fourth-order valence-corrected chi connectivity index (χ4v) is 2.70. The highest BCUT2D eigenvalue weighted by Crippen LogP contribution is 2.04. The predicted octanol–water partition coefficient (Wildman–Crippen LogP) is 4.37. The minimum atomic E-state index is -0.0229. The van der Waals surface area contributed by atoms with Gasteiger partial charge in [-0.3, -0.25) is 0 Å². The summed E-state index contributed by atoms with van der Waals surface area (Å²) in [6.45, 7) is 25.1. The van der Waals surface area contributed by atoms with E-state index < -0.39 is 0 Å². The van der Waals surface area contributed by atoms with Crippen molar-refractivity contribution in [1.29, 1.82) is 0 Å². The summed E-state index contributed by atoms with van der Waals surface area (Å²) in [5.74, 6) is 1.08. The Bertz CT molecular complexity index is 449. The van der Waals surface area contributed by atoms with Gasteiger partial charge in [-0.2, -0.15) is 0 Å². The molecule has 8 nitrogen and oxygen atoms in total. The van der Waals surface area contributed by atoms with Crippen molar-refractivity contribution in [3.8, 4) is 0 Å². The molecule has 0 aromatic rings. The number of hydrogen-bond donors (Lipinski definition) is 0. The molecule has 0 bridgehead atoms. The van der Waals surface area contributed by atoms with Gasteiger partial charge in [-0.15, -0.1) is 0 Å². The summed E-state index contributed by atoms with van der Waals surface area (Å²) in [7, 11) is 0. The topological polar surface area (TPSA) is 73.8 Å². The summed E-state index contributed by atoms with van der Waals surface area (Å²) in [4.78, 5) is 0. The maximum Gasteiger partial charge on any atom is 0.0781 e. The summed E-state index contributed by atoms with van der Waals surface area (Å²) < 4.78 is 45.6. The van der Waals surface area contributed by atoms with Gasteiger partial charge in [-0.25, -0.2) is 0 Å². The van der Waals surface area contributed by atoms with E-state index in [1.807, 2.05) is 34.6 Å². The molecule has 0 saturated carbocycles. The van der Waals surface area contributed by atoms with E-state index in [0.717, 1.165) is 13.2 Å². The fourth-order valence-electron chi connectivity index (χ4n) is 2.70. The molecule has 0 heterocycles. The largest absolute Gasteiger partial charge is 0.379 e. The fraction of sp³-hybridized carbons (Fsp3) is 1.00. The average molecular weight is 509 g/mol. The van der Waals surface area contributed by atoms with Crippen LogP contribution in [0, 0.1) is 11.8 Å². The molecule has 5 unspecified atom stereocenters. The van der Waals surface area contributed by atoms with Crippen LogP contribution in [0.4, 0.5) is 0 Å². The van der Waals surface area contributed by atoms with E-state index in [1.54, 1.807) is 0 Å². The van der Waals surface area contributed by atoms with E-state index in [2.05, 4.69) is 27.7 Å². The first-order valence-electron chi connectivity index (χ1n) is 13.4. The van der Waals surface area contributed by atoms with Crippen LogP contribution < -0.4 is 0 Å². The highest BCUT2D eigenvalue weighted by atomic mass is 16.6. The highest BCUT2D eigenvalue weighted by Gasteiger charge is 2.13. The summed E-state index contributed by atoms with van der Waals surface area (Å²) in [5.41, 5.74) is 0. The lowest BCUT2D eigenvalue weighted by molar-refractivity contribution is -0.101. The van der Waals surface area contributed by atoms with Crippen molar-refractivity contribution >= 4 is 0 Å². The zero-order chi connectivity index (χ0) is 26.5. The highest BCUT2D eigenvalue weighted by molar-refractivity contribution is 4.58. The first kappa shape index (κ1) is 34.7. The molecule has 0 radical (unpaired) electrons. The number of hydrogen-bond acceptors (Lipinski definition) is 8. The molecule has 0 amide bonds. The molecule has 0 saturated heterocycles. The Morgan fingerprint density at radius 1 is 0.314 bits per heavy atom. The molecule has 0 aromatic carbocycles. The summed E-state index contributed by atoms with van der Waals surface area (Å²) in [6.07, 6.45) is 0.0452. The Morgan fingerprint density at radius 3 is 0.971 bits per heavy atom. The van der Waals surface area contributed by atoms with Gasteiger partial charge < -0.3 is 37.9 Å². The van der Waals surface area contributed by atoms with Crippen LogP contribution in [-0.2, 0) is 37.9 Å². The molecular weight excluding hydrogens is 452 g/mol. The first-order valence-corrected chi connectivity index (χ1v) is 13.4. The maximum absolute atomic E-state index is 5.86. The molecule has 35 heavy (non-hydrogen) atoms. The van der Waals surface area contributed by atoms with Crippen LogP contribution in [0.1, 0.15) is 62.3 Å². The molecule has 0 aliphatic rings. The van der Waals surface area contributed by atoms with E-state index in [9.17, 15) is 0 Å². The molecule has 8 heteroatoms. The summed E-state index contributed by atoms with van der Waals surface area (Å²) >= 11 is 0. The van der Waals surface area contributed by atoms with E-state index in [0.29, 0.717) is 71.3 Å². The van der Waals surface area contributed by atoms with Gasteiger partial charge in [-0.05, 0) is 46.5 Å². The van der Waals surface area contributed by atoms with Gasteiger partial charge in [0.15, 0.2) is 0 Å². The normalized spacial score (nSPS) is 16.5. The Labute approximate surface area is 215 Å². The monoisotopic (exact) mass is 508 g/mol. The third-order valence-electron chi connectivity index (χ3n) is 4.72. The molecule has 0 aromatic heterocycles. The van der Waals surface area contributed by atoms with Crippen molar-refractivity contribution < 1.29 is 37.9 Å². The summed E-state index contributed by atoms with van der Waals surface area (Å²) in [5, 5.41) is 0. The van der Waals surface area contributed by atoms with Gasteiger partial charge in [0.1, 0.15) is 0 Å². The van der Waals surface area contributed by atoms with Crippen LogP contribution >= 0.6 is 0 Å². The second-order valence-electron chi connectivity index (χ2n) is 10.3. The molecule has 0 rings (SSSR count). The third-order valence-corrected chi connectivity index (χ3v) is 4.72. The van der Waals surface area contributed by atoms with E-state index in [4.69, 9.17) is 37.9 Å².